The monoisotopic (exact) mass is 320 g/mol. The average molecular weight is 320 g/mol. The van der Waals surface area contributed by atoms with Crippen LogP contribution in [0.2, 0.25) is 0 Å². The first kappa shape index (κ1) is 16.0. The summed E-state index contributed by atoms with van der Waals surface area (Å²) in [5, 5.41) is 0. The molecule has 1 aromatic carbocycles. The lowest BCUT2D eigenvalue weighted by molar-refractivity contribution is -0.137. The smallest absolute Gasteiger partial charge is 0.267 e. The van der Waals surface area contributed by atoms with E-state index in [1.165, 1.54) is 12.1 Å². The van der Waals surface area contributed by atoms with Gasteiger partial charge in [0.2, 0.25) is 0 Å². The van der Waals surface area contributed by atoms with Crippen molar-refractivity contribution in [3.8, 4) is 0 Å². The van der Waals surface area contributed by atoms with Crippen LogP contribution >= 0.6 is 0 Å². The fourth-order valence-electron chi connectivity index (χ4n) is 2.28. The van der Waals surface area contributed by atoms with Gasteiger partial charge in [0.05, 0.1) is 17.9 Å². The van der Waals surface area contributed by atoms with E-state index in [4.69, 9.17) is 4.18 Å². The molecule has 1 aliphatic carbocycles. The number of benzene rings is 1. The van der Waals surface area contributed by atoms with E-state index >= 15 is 0 Å². The largest absolute Gasteiger partial charge is 0.416 e. The molecule has 3 nitrogen and oxygen atoms in total. The molecule has 0 radical (unpaired) electrons. The molecule has 2 rings (SSSR count). The van der Waals surface area contributed by atoms with E-state index < -0.39 is 28.0 Å². The van der Waals surface area contributed by atoms with Crippen molar-refractivity contribution in [1.29, 1.82) is 0 Å². The molecule has 0 spiro atoms. The molecule has 0 heterocycles. The van der Waals surface area contributed by atoms with E-state index in [0.29, 0.717) is 19.3 Å². The Morgan fingerprint density at radius 1 is 1.19 bits per heavy atom. The van der Waals surface area contributed by atoms with Crippen molar-refractivity contribution in [3.05, 3.63) is 41.5 Å². The summed E-state index contributed by atoms with van der Waals surface area (Å²) in [6.45, 7) is 0. The van der Waals surface area contributed by atoms with Crippen molar-refractivity contribution in [1.82, 2.24) is 0 Å². The highest BCUT2D eigenvalue weighted by atomic mass is 32.2. The summed E-state index contributed by atoms with van der Waals surface area (Å²) >= 11 is 0. The van der Waals surface area contributed by atoms with E-state index in [0.717, 1.165) is 29.5 Å². The first-order valence-electron chi connectivity index (χ1n) is 6.40. The van der Waals surface area contributed by atoms with E-state index in [1.54, 1.807) is 0 Å². The SMILES string of the molecule is CS(=O)(=O)O[C@@H]1CC=C(c2ccc(C(F)(F)F)cc2)CC1. The molecule has 0 N–H and O–H groups in total. The molecule has 1 aromatic rings. The zero-order chi connectivity index (χ0) is 15.7. The summed E-state index contributed by atoms with van der Waals surface area (Å²) in [5.74, 6) is 0. The molecule has 1 atom stereocenters. The van der Waals surface area contributed by atoms with E-state index in [9.17, 15) is 21.6 Å². The maximum absolute atomic E-state index is 12.5. The number of halogens is 3. The maximum Gasteiger partial charge on any atom is 0.416 e. The molecule has 0 saturated carbocycles. The highest BCUT2D eigenvalue weighted by Gasteiger charge is 2.30. The minimum Gasteiger partial charge on any atom is -0.267 e. The van der Waals surface area contributed by atoms with Crippen molar-refractivity contribution in [2.75, 3.05) is 6.26 Å². The molecule has 21 heavy (non-hydrogen) atoms. The van der Waals surface area contributed by atoms with Crippen LogP contribution in [-0.4, -0.2) is 20.8 Å². The third-order valence-corrected chi connectivity index (χ3v) is 3.88. The van der Waals surface area contributed by atoms with Crippen LogP contribution < -0.4 is 0 Å². The van der Waals surface area contributed by atoms with Gasteiger partial charge in [0.25, 0.3) is 10.1 Å². The average Bonchev–Trinajstić information content (AvgIpc) is 2.37. The Morgan fingerprint density at radius 2 is 1.81 bits per heavy atom. The van der Waals surface area contributed by atoms with E-state index in [-0.39, 0.29) is 0 Å². The molecule has 116 valence electrons. The lowest BCUT2D eigenvalue weighted by atomic mass is 9.92. The van der Waals surface area contributed by atoms with Crippen LogP contribution in [0.5, 0.6) is 0 Å². The number of alkyl halides is 3. The normalized spacial score (nSPS) is 20.2. The van der Waals surface area contributed by atoms with Gasteiger partial charge in [-0.15, -0.1) is 0 Å². The van der Waals surface area contributed by atoms with Crippen LogP contribution in [0.15, 0.2) is 30.3 Å². The van der Waals surface area contributed by atoms with Gasteiger partial charge in [-0.05, 0) is 42.5 Å². The van der Waals surface area contributed by atoms with Gasteiger partial charge in [-0.3, -0.25) is 4.18 Å². The topological polar surface area (TPSA) is 43.4 Å². The third-order valence-electron chi connectivity index (χ3n) is 3.26. The van der Waals surface area contributed by atoms with Crippen LogP contribution in [0.3, 0.4) is 0 Å². The highest BCUT2D eigenvalue weighted by molar-refractivity contribution is 7.86. The molecule has 0 aliphatic heterocycles. The van der Waals surface area contributed by atoms with Gasteiger partial charge in [-0.1, -0.05) is 18.2 Å². The number of hydrogen-bond donors (Lipinski definition) is 0. The second-order valence-electron chi connectivity index (χ2n) is 5.00. The third kappa shape index (κ3) is 4.57. The summed E-state index contributed by atoms with van der Waals surface area (Å²) in [7, 11) is -3.48. The molecule has 1 aliphatic rings. The Bertz CT molecular complexity index is 630. The molecule has 0 aromatic heterocycles. The van der Waals surface area contributed by atoms with Crippen LogP contribution in [0, 0.1) is 0 Å². The van der Waals surface area contributed by atoms with E-state index in [2.05, 4.69) is 0 Å². The first-order valence-corrected chi connectivity index (χ1v) is 8.22. The van der Waals surface area contributed by atoms with Gasteiger partial charge in [-0.25, -0.2) is 0 Å². The zero-order valence-corrected chi connectivity index (χ0v) is 12.2. The van der Waals surface area contributed by atoms with E-state index in [1.807, 2.05) is 6.08 Å². The molecule has 0 amide bonds. The van der Waals surface area contributed by atoms with Crippen molar-refractivity contribution in [2.24, 2.45) is 0 Å². The number of hydrogen-bond acceptors (Lipinski definition) is 3. The fraction of sp³-hybridized carbons (Fsp3) is 0.429. The Kier molecular flexibility index (Phi) is 4.43. The standard InChI is InChI=1S/C14H15F3O3S/c1-21(18,19)20-13-8-4-11(5-9-13)10-2-6-12(7-3-10)14(15,16)17/h2-4,6-7,13H,5,8-9H2,1H3/t13-/m1/s1. The molecular weight excluding hydrogens is 305 g/mol. The predicted octanol–water partition coefficient (Wildman–Crippen LogP) is 3.62. The van der Waals surface area contributed by atoms with Crippen LogP contribution in [0.1, 0.15) is 30.4 Å². The van der Waals surface area contributed by atoms with Crippen LogP contribution in [-0.2, 0) is 20.5 Å². The van der Waals surface area contributed by atoms with Gasteiger partial charge >= 0.3 is 6.18 Å². The minimum atomic E-state index is -4.34. The van der Waals surface area contributed by atoms with Gasteiger partial charge in [-0.2, -0.15) is 21.6 Å². The van der Waals surface area contributed by atoms with Gasteiger partial charge in [0.15, 0.2) is 0 Å². The summed E-state index contributed by atoms with van der Waals surface area (Å²) in [4.78, 5) is 0. The van der Waals surface area contributed by atoms with Crippen molar-refractivity contribution in [2.45, 2.75) is 31.5 Å². The van der Waals surface area contributed by atoms with Crippen molar-refractivity contribution < 1.29 is 25.8 Å². The summed E-state index contributed by atoms with van der Waals surface area (Å²) in [5.41, 5.74) is 0.957. The summed E-state index contributed by atoms with van der Waals surface area (Å²) < 4.78 is 64.4. The Balaban J connectivity index is 2.07. The first-order chi connectivity index (χ1) is 9.65. The molecular formula is C14H15F3O3S. The molecule has 7 heteroatoms. The van der Waals surface area contributed by atoms with Gasteiger partial charge in [0.1, 0.15) is 0 Å². The number of allylic oxidation sites excluding steroid dienone is 1. The maximum atomic E-state index is 12.5. The Hall–Kier alpha value is -1.34. The van der Waals surface area contributed by atoms with Crippen LogP contribution in [0.4, 0.5) is 13.2 Å². The predicted molar refractivity (Wildman–Crippen MR) is 73.0 cm³/mol. The molecule has 0 unspecified atom stereocenters. The summed E-state index contributed by atoms with van der Waals surface area (Å²) in [6.07, 6.45) is -0.370. The van der Waals surface area contributed by atoms with Crippen molar-refractivity contribution >= 4 is 15.7 Å². The second kappa shape index (κ2) is 5.81. The van der Waals surface area contributed by atoms with Gasteiger partial charge in [0, 0.05) is 0 Å². The lowest BCUT2D eigenvalue weighted by Gasteiger charge is -2.21. The van der Waals surface area contributed by atoms with Gasteiger partial charge < -0.3 is 0 Å². The number of rotatable bonds is 3. The Morgan fingerprint density at radius 3 is 2.24 bits per heavy atom. The fourth-order valence-corrected chi connectivity index (χ4v) is 2.95. The minimum absolute atomic E-state index is 0.391. The Labute approximate surface area is 121 Å². The second-order valence-corrected chi connectivity index (χ2v) is 6.60. The molecule has 0 saturated heterocycles. The quantitative estimate of drug-likeness (QED) is 0.799. The van der Waals surface area contributed by atoms with Crippen molar-refractivity contribution in [3.63, 3.8) is 0 Å². The highest BCUT2D eigenvalue weighted by Crippen LogP contribution is 2.32. The zero-order valence-electron chi connectivity index (χ0n) is 11.4. The lowest BCUT2D eigenvalue weighted by Crippen LogP contribution is -2.19. The van der Waals surface area contributed by atoms with Crippen LogP contribution in [0.25, 0.3) is 5.57 Å². The molecule has 0 fully saturated rings. The molecule has 0 bridgehead atoms. The summed E-state index contributed by atoms with van der Waals surface area (Å²) in [6, 6.07) is 4.98.